The summed E-state index contributed by atoms with van der Waals surface area (Å²) in [6.07, 6.45) is 5.72. The minimum atomic E-state index is -0.561. The number of ether oxygens (including phenoxy) is 1. The average molecular weight is 181 g/mol. The minimum Gasteiger partial charge on any atom is -0.367 e. The average Bonchev–Trinajstić information content (AvgIpc) is 2.00. The standard InChI is InChI=1S/C10H15NO2/c11-9(12)10-4-6-1-7(5-10)3-8(2-6)13-10/h6-8H,1-5H2,(H2,11,12). The SMILES string of the molecule is NC(=O)C12CC3CC(CC(C3)O1)C2. The lowest BCUT2D eigenvalue weighted by Gasteiger charge is -2.54. The van der Waals surface area contributed by atoms with Gasteiger partial charge in [0.1, 0.15) is 5.60 Å². The highest BCUT2D eigenvalue weighted by molar-refractivity contribution is 5.84. The predicted octanol–water partition coefficient (Wildman–Crippen LogP) is 0.819. The van der Waals surface area contributed by atoms with Gasteiger partial charge in [-0.15, -0.1) is 0 Å². The van der Waals surface area contributed by atoms with Crippen molar-refractivity contribution in [2.24, 2.45) is 17.6 Å². The Hall–Kier alpha value is -0.570. The summed E-state index contributed by atoms with van der Waals surface area (Å²) in [4.78, 5) is 11.4. The molecule has 0 aromatic rings. The molecule has 0 aromatic heterocycles. The topological polar surface area (TPSA) is 52.3 Å². The lowest BCUT2D eigenvalue weighted by Crippen LogP contribution is -2.60. The van der Waals surface area contributed by atoms with Crippen LogP contribution in [0, 0.1) is 11.8 Å². The Morgan fingerprint density at radius 2 is 1.85 bits per heavy atom. The van der Waals surface area contributed by atoms with Crippen molar-refractivity contribution in [2.75, 3.05) is 0 Å². The zero-order chi connectivity index (χ0) is 9.05. The highest BCUT2D eigenvalue weighted by atomic mass is 16.5. The van der Waals surface area contributed by atoms with Crippen LogP contribution in [-0.2, 0) is 9.53 Å². The van der Waals surface area contributed by atoms with Crippen LogP contribution in [-0.4, -0.2) is 17.6 Å². The van der Waals surface area contributed by atoms with E-state index in [0.717, 1.165) is 25.7 Å². The number of rotatable bonds is 1. The molecule has 2 aliphatic carbocycles. The van der Waals surface area contributed by atoms with Crippen LogP contribution in [0.4, 0.5) is 0 Å². The summed E-state index contributed by atoms with van der Waals surface area (Å²) in [5.41, 5.74) is 4.87. The quantitative estimate of drug-likeness (QED) is 0.651. The number of hydrogen-bond acceptors (Lipinski definition) is 2. The van der Waals surface area contributed by atoms with Crippen molar-refractivity contribution in [1.82, 2.24) is 0 Å². The summed E-state index contributed by atoms with van der Waals surface area (Å²) < 4.78 is 5.80. The zero-order valence-corrected chi connectivity index (χ0v) is 7.66. The van der Waals surface area contributed by atoms with Crippen molar-refractivity contribution in [1.29, 1.82) is 0 Å². The second-order valence-corrected chi connectivity index (χ2v) is 4.95. The highest BCUT2D eigenvalue weighted by Gasteiger charge is 2.55. The normalized spacial score (nSPS) is 52.5. The van der Waals surface area contributed by atoms with Gasteiger partial charge >= 0.3 is 0 Å². The molecule has 4 aliphatic rings. The molecule has 2 aliphatic heterocycles. The Morgan fingerprint density at radius 3 is 2.31 bits per heavy atom. The van der Waals surface area contributed by atoms with Crippen molar-refractivity contribution < 1.29 is 9.53 Å². The fourth-order valence-corrected chi connectivity index (χ4v) is 3.62. The third-order valence-electron chi connectivity index (χ3n) is 3.94. The van der Waals surface area contributed by atoms with E-state index in [-0.39, 0.29) is 5.91 Å². The first-order chi connectivity index (χ1) is 6.18. The molecule has 4 rings (SSSR count). The summed E-state index contributed by atoms with van der Waals surface area (Å²) in [6.45, 7) is 0. The highest BCUT2D eigenvalue weighted by Crippen LogP contribution is 2.52. The molecule has 4 fully saturated rings. The van der Waals surface area contributed by atoms with E-state index in [1.54, 1.807) is 0 Å². The van der Waals surface area contributed by atoms with Gasteiger partial charge in [-0.3, -0.25) is 4.79 Å². The molecule has 1 amide bonds. The van der Waals surface area contributed by atoms with Gasteiger partial charge in [0.15, 0.2) is 0 Å². The Morgan fingerprint density at radius 1 is 1.23 bits per heavy atom. The molecule has 0 aromatic carbocycles. The summed E-state index contributed by atoms with van der Waals surface area (Å²) in [5.74, 6) is 1.18. The van der Waals surface area contributed by atoms with Gasteiger partial charge in [-0.05, 0) is 43.9 Å². The van der Waals surface area contributed by atoms with Crippen LogP contribution in [0.25, 0.3) is 0 Å². The zero-order valence-electron chi connectivity index (χ0n) is 7.66. The molecule has 2 N–H and O–H groups in total. The van der Waals surface area contributed by atoms with Gasteiger partial charge in [0.2, 0.25) is 5.91 Å². The fourth-order valence-electron chi connectivity index (χ4n) is 3.62. The molecule has 2 heterocycles. The van der Waals surface area contributed by atoms with Crippen LogP contribution >= 0.6 is 0 Å². The summed E-state index contributed by atoms with van der Waals surface area (Å²) in [6, 6.07) is 0. The molecular weight excluding hydrogens is 166 g/mol. The third kappa shape index (κ3) is 0.966. The molecule has 3 heteroatoms. The maximum atomic E-state index is 11.4. The Balaban J connectivity index is 1.95. The number of carbonyl (C=O) groups excluding carboxylic acids is 1. The number of nitrogens with two attached hydrogens (primary N) is 1. The van der Waals surface area contributed by atoms with Crippen LogP contribution in [0.5, 0.6) is 0 Å². The maximum Gasteiger partial charge on any atom is 0.249 e. The van der Waals surface area contributed by atoms with E-state index in [1.807, 2.05) is 0 Å². The van der Waals surface area contributed by atoms with E-state index < -0.39 is 5.60 Å². The molecule has 2 saturated heterocycles. The number of hydrogen-bond donors (Lipinski definition) is 1. The number of amides is 1. The first-order valence-electron chi connectivity index (χ1n) is 5.16. The molecule has 13 heavy (non-hydrogen) atoms. The van der Waals surface area contributed by atoms with Crippen LogP contribution in [0.1, 0.15) is 32.1 Å². The van der Waals surface area contributed by atoms with Gasteiger partial charge in [-0.25, -0.2) is 0 Å². The van der Waals surface area contributed by atoms with Crippen molar-refractivity contribution in [3.8, 4) is 0 Å². The fraction of sp³-hybridized carbons (Fsp3) is 0.900. The Labute approximate surface area is 77.6 Å². The lowest BCUT2D eigenvalue weighted by atomic mass is 9.62. The van der Waals surface area contributed by atoms with Crippen molar-refractivity contribution >= 4 is 5.91 Å². The maximum absolute atomic E-state index is 11.4. The molecular formula is C10H15NO2. The van der Waals surface area contributed by atoms with E-state index in [9.17, 15) is 4.79 Å². The second-order valence-electron chi connectivity index (χ2n) is 4.95. The monoisotopic (exact) mass is 181 g/mol. The summed E-state index contributed by atoms with van der Waals surface area (Å²) >= 11 is 0. The van der Waals surface area contributed by atoms with Crippen molar-refractivity contribution in [3.05, 3.63) is 0 Å². The Bertz CT molecular complexity index is 226. The van der Waals surface area contributed by atoms with Crippen LogP contribution in [0.2, 0.25) is 0 Å². The summed E-state index contributed by atoms with van der Waals surface area (Å²) in [7, 11) is 0. The smallest absolute Gasteiger partial charge is 0.249 e. The number of carbonyl (C=O) groups is 1. The molecule has 2 saturated carbocycles. The van der Waals surface area contributed by atoms with Gasteiger partial charge in [0, 0.05) is 0 Å². The molecule has 2 unspecified atom stereocenters. The van der Waals surface area contributed by atoms with Gasteiger partial charge < -0.3 is 10.5 Å². The molecule has 72 valence electrons. The first-order valence-corrected chi connectivity index (χ1v) is 5.16. The van der Waals surface area contributed by atoms with Crippen molar-refractivity contribution in [3.63, 3.8) is 0 Å². The molecule has 0 radical (unpaired) electrons. The minimum absolute atomic E-state index is 0.230. The third-order valence-corrected chi connectivity index (χ3v) is 3.94. The molecule has 4 bridgehead atoms. The van der Waals surface area contributed by atoms with Gasteiger partial charge in [0.05, 0.1) is 6.10 Å². The van der Waals surface area contributed by atoms with E-state index in [4.69, 9.17) is 10.5 Å². The molecule has 3 nitrogen and oxygen atoms in total. The van der Waals surface area contributed by atoms with E-state index >= 15 is 0 Å². The van der Waals surface area contributed by atoms with E-state index in [2.05, 4.69) is 0 Å². The van der Waals surface area contributed by atoms with Gasteiger partial charge in [0.25, 0.3) is 0 Å². The van der Waals surface area contributed by atoms with Crippen LogP contribution in [0.3, 0.4) is 0 Å². The largest absolute Gasteiger partial charge is 0.367 e. The predicted molar refractivity (Wildman–Crippen MR) is 46.9 cm³/mol. The lowest BCUT2D eigenvalue weighted by molar-refractivity contribution is -0.216. The molecule has 0 spiro atoms. The Kier molecular flexibility index (Phi) is 1.36. The van der Waals surface area contributed by atoms with Gasteiger partial charge in [-0.1, -0.05) is 0 Å². The van der Waals surface area contributed by atoms with E-state index in [0.29, 0.717) is 17.9 Å². The number of primary amides is 1. The summed E-state index contributed by atoms with van der Waals surface area (Å²) in [5, 5.41) is 0. The molecule has 2 atom stereocenters. The van der Waals surface area contributed by atoms with Crippen LogP contribution < -0.4 is 5.73 Å². The van der Waals surface area contributed by atoms with E-state index in [1.165, 1.54) is 6.42 Å². The van der Waals surface area contributed by atoms with Gasteiger partial charge in [-0.2, -0.15) is 0 Å². The first kappa shape index (κ1) is 7.80. The van der Waals surface area contributed by atoms with Crippen molar-refractivity contribution in [2.45, 2.75) is 43.8 Å². The van der Waals surface area contributed by atoms with Crippen LogP contribution in [0.15, 0.2) is 0 Å². The second kappa shape index (κ2) is 2.27.